The summed E-state index contributed by atoms with van der Waals surface area (Å²) in [4.78, 5) is 25.7. The van der Waals surface area contributed by atoms with Gasteiger partial charge in [-0.3, -0.25) is 4.79 Å². The molecule has 3 aromatic heterocycles. The first-order valence-electron chi connectivity index (χ1n) is 15.2. The highest BCUT2D eigenvalue weighted by atomic mass is 32.2. The molecule has 0 saturated heterocycles. The lowest BCUT2D eigenvalue weighted by molar-refractivity contribution is -0.152. The maximum atomic E-state index is 15.5. The molecule has 47 heavy (non-hydrogen) atoms. The van der Waals surface area contributed by atoms with Crippen molar-refractivity contribution in [3.8, 4) is 22.6 Å². The highest BCUT2D eigenvalue weighted by molar-refractivity contribution is 7.90. The van der Waals surface area contributed by atoms with Crippen LogP contribution in [0, 0.1) is 42.1 Å². The molecule has 0 amide bonds. The van der Waals surface area contributed by atoms with Crippen LogP contribution in [-0.4, -0.2) is 46.5 Å². The topological polar surface area (TPSA) is 116 Å². The van der Waals surface area contributed by atoms with Gasteiger partial charge in [0.05, 0.1) is 41.6 Å². The van der Waals surface area contributed by atoms with E-state index in [4.69, 9.17) is 4.74 Å². The summed E-state index contributed by atoms with van der Waals surface area (Å²) in [5.41, 5.74) is 0.987. The first kappa shape index (κ1) is 30.9. The lowest BCUT2D eigenvalue weighted by Gasteiger charge is -2.47. The van der Waals surface area contributed by atoms with Crippen molar-refractivity contribution in [2.75, 3.05) is 12.4 Å². The fourth-order valence-corrected chi connectivity index (χ4v) is 8.64. The van der Waals surface area contributed by atoms with Gasteiger partial charge in [-0.05, 0) is 86.9 Å². The Labute approximate surface area is 268 Å². The van der Waals surface area contributed by atoms with Crippen LogP contribution in [0.3, 0.4) is 0 Å². The Kier molecular flexibility index (Phi) is 7.74. The molecule has 3 aliphatic carbocycles. The molecule has 2 atom stereocenters. The van der Waals surface area contributed by atoms with Crippen molar-refractivity contribution < 1.29 is 31.1 Å². The van der Waals surface area contributed by atoms with E-state index in [1.165, 1.54) is 31.4 Å². The van der Waals surface area contributed by atoms with Crippen molar-refractivity contribution >= 4 is 32.8 Å². The van der Waals surface area contributed by atoms with Gasteiger partial charge in [0.2, 0.25) is 0 Å². The average Bonchev–Trinajstić information content (AvgIpc) is 3.41. The molecule has 8 rings (SSSR count). The van der Waals surface area contributed by atoms with Crippen LogP contribution in [0.5, 0.6) is 0 Å². The standard InChI is InChI=1S/C34H30F3N5O4S/c1-18-3-13-24(14-4-18)47(44,45)42-30(21-9-11-22(35)12-10-21)28(25-15-23(36)16-39-33(25)42)32-38-17-26(37)31(41-32)40-29-20-7-5-19(6-8-20)27(29)34(43)46-2/h3-4,9-17,19-20,27,29H,5-8H2,1-2H3,(H,38,40,41). The number of methoxy groups -OCH3 is 1. The van der Waals surface area contributed by atoms with Crippen molar-refractivity contribution in [3.63, 3.8) is 0 Å². The quantitative estimate of drug-likeness (QED) is 0.196. The fraction of sp³-hybridized carbons (Fsp3) is 0.294. The first-order chi connectivity index (χ1) is 22.6. The zero-order valence-electron chi connectivity index (χ0n) is 25.5. The number of nitrogens with one attached hydrogen (secondary N) is 1. The number of benzene rings is 2. The van der Waals surface area contributed by atoms with Gasteiger partial charge in [-0.25, -0.2) is 40.5 Å². The number of aryl methyl sites for hydroxylation is 1. The van der Waals surface area contributed by atoms with Crippen molar-refractivity contribution in [1.82, 2.24) is 18.9 Å². The van der Waals surface area contributed by atoms with Crippen molar-refractivity contribution in [1.29, 1.82) is 0 Å². The van der Waals surface area contributed by atoms with Gasteiger partial charge in [-0.15, -0.1) is 0 Å². The van der Waals surface area contributed by atoms with E-state index < -0.39 is 39.4 Å². The van der Waals surface area contributed by atoms with Crippen LogP contribution in [0.2, 0.25) is 0 Å². The zero-order chi connectivity index (χ0) is 33.0. The van der Waals surface area contributed by atoms with Crippen LogP contribution >= 0.6 is 0 Å². The van der Waals surface area contributed by atoms with Gasteiger partial charge in [-0.1, -0.05) is 17.7 Å². The minimum Gasteiger partial charge on any atom is -0.469 e. The number of nitrogens with zero attached hydrogens (tertiary/aromatic N) is 4. The molecule has 242 valence electrons. The van der Waals surface area contributed by atoms with E-state index in [0.717, 1.165) is 65.8 Å². The van der Waals surface area contributed by atoms with Crippen LogP contribution < -0.4 is 5.32 Å². The Bertz CT molecular complexity index is 2110. The Morgan fingerprint density at radius 2 is 1.60 bits per heavy atom. The molecule has 2 bridgehead atoms. The molecular formula is C34H30F3N5O4S. The van der Waals surface area contributed by atoms with Gasteiger partial charge >= 0.3 is 5.97 Å². The van der Waals surface area contributed by atoms with E-state index in [1.807, 2.05) is 6.92 Å². The predicted octanol–water partition coefficient (Wildman–Crippen LogP) is 6.51. The van der Waals surface area contributed by atoms with Gasteiger partial charge in [0.15, 0.2) is 23.1 Å². The lowest BCUT2D eigenvalue weighted by Crippen LogP contribution is -2.52. The van der Waals surface area contributed by atoms with E-state index in [-0.39, 0.29) is 62.2 Å². The summed E-state index contributed by atoms with van der Waals surface area (Å²) in [6.07, 6.45) is 5.30. The third kappa shape index (κ3) is 5.32. The molecule has 5 aromatic rings. The van der Waals surface area contributed by atoms with E-state index in [1.54, 1.807) is 12.1 Å². The average molecular weight is 662 g/mol. The van der Waals surface area contributed by atoms with E-state index >= 15 is 4.39 Å². The molecule has 13 heteroatoms. The molecule has 3 aliphatic rings. The number of carbonyl (C=O) groups is 1. The minimum atomic E-state index is -4.40. The van der Waals surface area contributed by atoms with E-state index in [0.29, 0.717) is 0 Å². The number of ether oxygens (including phenoxy) is 1. The fourth-order valence-electron chi connectivity index (χ4n) is 7.14. The maximum Gasteiger partial charge on any atom is 0.311 e. The Hall–Kier alpha value is -4.78. The molecule has 2 unspecified atom stereocenters. The number of esters is 1. The second-order valence-electron chi connectivity index (χ2n) is 12.1. The number of carbonyl (C=O) groups excluding carboxylic acids is 1. The largest absolute Gasteiger partial charge is 0.469 e. The van der Waals surface area contributed by atoms with Crippen LogP contribution in [-0.2, 0) is 19.6 Å². The molecule has 0 spiro atoms. The molecule has 3 saturated carbocycles. The Morgan fingerprint density at radius 3 is 2.28 bits per heavy atom. The van der Waals surface area contributed by atoms with Crippen molar-refractivity contribution in [2.45, 2.75) is 43.5 Å². The molecule has 0 aliphatic heterocycles. The highest BCUT2D eigenvalue weighted by Crippen LogP contribution is 2.47. The molecular weight excluding hydrogens is 631 g/mol. The first-order valence-corrected chi connectivity index (χ1v) is 16.7. The van der Waals surface area contributed by atoms with Crippen LogP contribution in [0.25, 0.3) is 33.7 Å². The lowest BCUT2D eigenvalue weighted by atomic mass is 9.61. The second kappa shape index (κ2) is 11.8. The maximum absolute atomic E-state index is 15.5. The van der Waals surface area contributed by atoms with Crippen molar-refractivity contribution in [3.05, 3.63) is 90.0 Å². The van der Waals surface area contributed by atoms with E-state index in [9.17, 15) is 22.0 Å². The zero-order valence-corrected chi connectivity index (χ0v) is 26.3. The summed E-state index contributed by atoms with van der Waals surface area (Å²) in [6, 6.07) is 11.9. The number of hydrogen-bond acceptors (Lipinski definition) is 8. The number of anilines is 1. The summed E-state index contributed by atoms with van der Waals surface area (Å²) >= 11 is 0. The number of aromatic nitrogens is 4. The second-order valence-corrected chi connectivity index (χ2v) is 13.9. The van der Waals surface area contributed by atoms with E-state index in [2.05, 4.69) is 20.3 Å². The summed E-state index contributed by atoms with van der Waals surface area (Å²) in [5.74, 6) is -3.14. The predicted molar refractivity (Wildman–Crippen MR) is 168 cm³/mol. The van der Waals surface area contributed by atoms with Crippen LogP contribution in [0.4, 0.5) is 19.0 Å². The summed E-state index contributed by atoms with van der Waals surface area (Å²) < 4.78 is 79.2. The number of halogens is 3. The number of fused-ring (bicyclic) bond motifs is 4. The smallest absolute Gasteiger partial charge is 0.311 e. The monoisotopic (exact) mass is 661 g/mol. The van der Waals surface area contributed by atoms with Gasteiger partial charge in [0, 0.05) is 17.0 Å². The van der Waals surface area contributed by atoms with Gasteiger partial charge in [-0.2, -0.15) is 0 Å². The van der Waals surface area contributed by atoms with Gasteiger partial charge < -0.3 is 10.1 Å². The minimum absolute atomic E-state index is 0.0135. The molecule has 9 nitrogen and oxygen atoms in total. The third-order valence-corrected chi connectivity index (χ3v) is 11.1. The number of hydrogen-bond donors (Lipinski definition) is 1. The molecule has 2 aromatic carbocycles. The van der Waals surface area contributed by atoms with Gasteiger partial charge in [0.1, 0.15) is 11.6 Å². The summed E-state index contributed by atoms with van der Waals surface area (Å²) in [5, 5.41) is 3.20. The number of pyridine rings is 1. The number of rotatable bonds is 7. The molecule has 3 heterocycles. The SMILES string of the molecule is COC(=O)C1C2CCC(CC2)C1Nc1nc(-c2c(-c3ccc(F)cc3)n(S(=O)(=O)c3ccc(C)cc3)c3ncc(F)cc23)ncc1F. The van der Waals surface area contributed by atoms with Crippen molar-refractivity contribution in [2.24, 2.45) is 17.8 Å². The highest BCUT2D eigenvalue weighted by Gasteiger charge is 2.48. The Morgan fingerprint density at radius 1 is 0.915 bits per heavy atom. The third-order valence-electron chi connectivity index (χ3n) is 9.38. The summed E-state index contributed by atoms with van der Waals surface area (Å²) in [6.45, 7) is 1.82. The normalized spacial score (nSPS) is 20.8. The molecule has 0 radical (unpaired) electrons. The Balaban J connectivity index is 1.46. The molecule has 1 N–H and O–H groups in total. The van der Waals surface area contributed by atoms with Crippen LogP contribution in [0.15, 0.2) is 71.9 Å². The van der Waals surface area contributed by atoms with Gasteiger partial charge in [0.25, 0.3) is 10.0 Å². The summed E-state index contributed by atoms with van der Waals surface area (Å²) in [7, 11) is -3.07. The molecule has 3 fully saturated rings. The van der Waals surface area contributed by atoms with Crippen LogP contribution in [0.1, 0.15) is 31.2 Å².